The lowest BCUT2D eigenvalue weighted by Gasteiger charge is -2.08. The quantitative estimate of drug-likeness (QED) is 0.550. The molecular formula is C20H16N4O4. The second kappa shape index (κ2) is 6.99. The first-order valence-corrected chi connectivity index (χ1v) is 8.45. The molecule has 0 aliphatic heterocycles. The molecule has 4 rings (SSSR count). The minimum Gasteiger partial charge on any atom is -0.493 e. The van der Waals surface area contributed by atoms with E-state index in [0.717, 1.165) is 5.82 Å². The number of pyridine rings is 1. The van der Waals surface area contributed by atoms with Gasteiger partial charge in [-0.25, -0.2) is 14.8 Å². The number of nitrogens with zero attached hydrogens (tertiary/aromatic N) is 3. The number of anilines is 1. The van der Waals surface area contributed by atoms with Crippen molar-refractivity contribution >= 4 is 22.6 Å². The van der Waals surface area contributed by atoms with Crippen molar-refractivity contribution in [2.24, 2.45) is 0 Å². The zero-order valence-electron chi connectivity index (χ0n) is 15.2. The molecule has 3 aromatic heterocycles. The van der Waals surface area contributed by atoms with Crippen LogP contribution in [0.2, 0.25) is 0 Å². The van der Waals surface area contributed by atoms with Crippen LogP contribution in [-0.2, 0) is 0 Å². The standard InChI is InChI=1S/C20H16N4O4/c1-12-21-8-9-24(12)17-7-6-14(11-22-17)23-19(25)15-10-13-4-3-5-16(27-2)18(13)28-20(15)26/h3-11H,1-2H3,(H,23,25). The number of methoxy groups -OCH3 is 1. The van der Waals surface area contributed by atoms with Crippen molar-refractivity contribution in [1.29, 1.82) is 0 Å². The van der Waals surface area contributed by atoms with Crippen LogP contribution in [0.4, 0.5) is 5.69 Å². The molecule has 0 radical (unpaired) electrons. The molecular weight excluding hydrogens is 360 g/mol. The molecule has 0 saturated carbocycles. The SMILES string of the molecule is COc1cccc2cc(C(=O)Nc3ccc(-n4ccnc4C)nc3)c(=O)oc12. The maximum absolute atomic E-state index is 12.6. The number of hydrogen-bond acceptors (Lipinski definition) is 6. The van der Waals surface area contributed by atoms with Crippen molar-refractivity contribution in [3.8, 4) is 11.6 Å². The lowest BCUT2D eigenvalue weighted by Crippen LogP contribution is -2.20. The van der Waals surface area contributed by atoms with E-state index in [-0.39, 0.29) is 5.56 Å². The number of imidazole rings is 1. The summed E-state index contributed by atoms with van der Waals surface area (Å²) in [6.45, 7) is 1.87. The summed E-state index contributed by atoms with van der Waals surface area (Å²) < 4.78 is 12.3. The summed E-state index contributed by atoms with van der Waals surface area (Å²) >= 11 is 0. The number of carbonyl (C=O) groups is 1. The fraction of sp³-hybridized carbons (Fsp3) is 0.100. The van der Waals surface area contributed by atoms with Crippen LogP contribution in [0.3, 0.4) is 0 Å². The predicted octanol–water partition coefficient (Wildman–Crippen LogP) is 2.94. The third-order valence-electron chi connectivity index (χ3n) is 4.27. The Kier molecular flexibility index (Phi) is 4.36. The maximum Gasteiger partial charge on any atom is 0.349 e. The third kappa shape index (κ3) is 3.11. The van der Waals surface area contributed by atoms with Gasteiger partial charge in [-0.2, -0.15) is 0 Å². The van der Waals surface area contributed by atoms with Gasteiger partial charge < -0.3 is 14.5 Å². The molecule has 0 atom stereocenters. The number of hydrogen-bond donors (Lipinski definition) is 1. The summed E-state index contributed by atoms with van der Waals surface area (Å²) in [6, 6.07) is 10.1. The highest BCUT2D eigenvalue weighted by molar-refractivity contribution is 6.05. The molecule has 0 unspecified atom stereocenters. The van der Waals surface area contributed by atoms with Crippen LogP contribution in [0, 0.1) is 6.92 Å². The maximum atomic E-state index is 12.6. The van der Waals surface area contributed by atoms with Crippen LogP contribution in [0.1, 0.15) is 16.2 Å². The van der Waals surface area contributed by atoms with E-state index in [1.165, 1.54) is 19.4 Å². The van der Waals surface area contributed by atoms with Gasteiger partial charge in [0.15, 0.2) is 11.3 Å². The average molecular weight is 376 g/mol. The van der Waals surface area contributed by atoms with Crippen molar-refractivity contribution < 1.29 is 13.9 Å². The predicted molar refractivity (Wildman–Crippen MR) is 103 cm³/mol. The Hall–Kier alpha value is -3.94. The number of rotatable bonds is 4. The van der Waals surface area contributed by atoms with Gasteiger partial charge in [-0.3, -0.25) is 9.36 Å². The molecule has 0 fully saturated rings. The number of para-hydroxylation sites is 1. The molecule has 28 heavy (non-hydrogen) atoms. The highest BCUT2D eigenvalue weighted by atomic mass is 16.5. The number of aromatic nitrogens is 3. The van der Waals surface area contributed by atoms with Gasteiger partial charge >= 0.3 is 5.63 Å². The molecule has 1 amide bonds. The molecule has 1 aromatic carbocycles. The molecule has 0 aliphatic carbocycles. The van der Waals surface area contributed by atoms with E-state index in [0.29, 0.717) is 28.2 Å². The Labute approximate surface area is 159 Å². The van der Waals surface area contributed by atoms with Gasteiger partial charge in [0, 0.05) is 17.8 Å². The van der Waals surface area contributed by atoms with Crippen LogP contribution >= 0.6 is 0 Å². The first-order valence-electron chi connectivity index (χ1n) is 8.45. The van der Waals surface area contributed by atoms with Crippen LogP contribution in [0.5, 0.6) is 5.75 Å². The van der Waals surface area contributed by atoms with Crippen LogP contribution in [0.25, 0.3) is 16.8 Å². The topological polar surface area (TPSA) is 99.2 Å². The lowest BCUT2D eigenvalue weighted by molar-refractivity contribution is 0.102. The van der Waals surface area contributed by atoms with Crippen LogP contribution in [0.15, 0.2) is 64.2 Å². The number of carbonyl (C=O) groups excluding carboxylic acids is 1. The summed E-state index contributed by atoms with van der Waals surface area (Å²) in [5.74, 6) is 1.32. The van der Waals surface area contributed by atoms with Crippen molar-refractivity contribution in [2.45, 2.75) is 6.92 Å². The molecule has 140 valence electrons. The lowest BCUT2D eigenvalue weighted by atomic mass is 10.1. The van der Waals surface area contributed by atoms with Gasteiger partial charge in [0.2, 0.25) is 0 Å². The fourth-order valence-corrected chi connectivity index (χ4v) is 2.86. The molecule has 0 bridgehead atoms. The van der Waals surface area contributed by atoms with E-state index in [1.807, 2.05) is 11.5 Å². The second-order valence-corrected chi connectivity index (χ2v) is 6.03. The minimum absolute atomic E-state index is 0.102. The molecule has 0 spiro atoms. The summed E-state index contributed by atoms with van der Waals surface area (Å²) in [5, 5.41) is 3.25. The van der Waals surface area contributed by atoms with E-state index in [2.05, 4.69) is 15.3 Å². The molecule has 4 aromatic rings. The molecule has 8 nitrogen and oxygen atoms in total. The van der Waals surface area contributed by atoms with Crippen molar-refractivity contribution in [3.05, 3.63) is 76.8 Å². The zero-order chi connectivity index (χ0) is 19.7. The molecule has 0 aliphatic rings. The first kappa shape index (κ1) is 17.5. The normalized spacial score (nSPS) is 10.8. The van der Waals surface area contributed by atoms with Gasteiger partial charge in [-0.1, -0.05) is 12.1 Å². The Morgan fingerprint density at radius 3 is 2.75 bits per heavy atom. The van der Waals surface area contributed by atoms with E-state index < -0.39 is 11.5 Å². The van der Waals surface area contributed by atoms with Crippen LogP contribution < -0.4 is 15.7 Å². The van der Waals surface area contributed by atoms with Gasteiger partial charge in [-0.05, 0) is 31.2 Å². The number of amides is 1. The van der Waals surface area contributed by atoms with Gasteiger partial charge in [-0.15, -0.1) is 0 Å². The summed E-state index contributed by atoms with van der Waals surface area (Å²) in [5.41, 5.74) is -0.0895. The van der Waals surface area contributed by atoms with Gasteiger partial charge in [0.25, 0.3) is 5.91 Å². The average Bonchev–Trinajstić information content (AvgIpc) is 3.13. The smallest absolute Gasteiger partial charge is 0.349 e. The molecule has 3 heterocycles. The number of ether oxygens (including phenoxy) is 1. The van der Waals surface area contributed by atoms with Crippen molar-refractivity contribution in [1.82, 2.24) is 14.5 Å². The largest absolute Gasteiger partial charge is 0.493 e. The zero-order valence-corrected chi connectivity index (χ0v) is 15.2. The van der Waals surface area contributed by atoms with Gasteiger partial charge in [0.05, 0.1) is 19.0 Å². The molecule has 8 heteroatoms. The van der Waals surface area contributed by atoms with E-state index in [1.54, 1.807) is 42.7 Å². The van der Waals surface area contributed by atoms with Gasteiger partial charge in [0.1, 0.15) is 17.2 Å². The molecule has 0 saturated heterocycles. The van der Waals surface area contributed by atoms with E-state index in [4.69, 9.17) is 9.15 Å². The summed E-state index contributed by atoms with van der Waals surface area (Å²) in [7, 11) is 1.48. The Bertz CT molecular complexity index is 1230. The van der Waals surface area contributed by atoms with E-state index in [9.17, 15) is 9.59 Å². The number of nitrogens with one attached hydrogen (secondary N) is 1. The second-order valence-electron chi connectivity index (χ2n) is 6.03. The van der Waals surface area contributed by atoms with Crippen molar-refractivity contribution in [3.63, 3.8) is 0 Å². The Balaban J connectivity index is 1.61. The molecule has 1 N–H and O–H groups in total. The highest BCUT2D eigenvalue weighted by Gasteiger charge is 2.16. The highest BCUT2D eigenvalue weighted by Crippen LogP contribution is 2.24. The van der Waals surface area contributed by atoms with Crippen LogP contribution in [-0.4, -0.2) is 27.6 Å². The minimum atomic E-state index is -0.742. The number of aryl methyl sites for hydroxylation is 1. The third-order valence-corrected chi connectivity index (χ3v) is 4.27. The monoisotopic (exact) mass is 376 g/mol. The van der Waals surface area contributed by atoms with E-state index >= 15 is 0 Å². The first-order chi connectivity index (χ1) is 13.6. The number of benzene rings is 1. The summed E-state index contributed by atoms with van der Waals surface area (Å²) in [4.78, 5) is 33.3. The number of fused-ring (bicyclic) bond motifs is 1. The Morgan fingerprint density at radius 2 is 2.07 bits per heavy atom. The Morgan fingerprint density at radius 1 is 1.21 bits per heavy atom. The fourth-order valence-electron chi connectivity index (χ4n) is 2.86. The van der Waals surface area contributed by atoms with Crippen molar-refractivity contribution in [2.75, 3.05) is 12.4 Å². The summed E-state index contributed by atoms with van der Waals surface area (Å²) in [6.07, 6.45) is 4.99.